The average molecular weight is 392 g/mol. The number of nitrogens with one attached hydrogen (secondary N) is 1. The van der Waals surface area contributed by atoms with Gasteiger partial charge < -0.3 is 10.2 Å². The maximum absolute atomic E-state index is 12.5. The van der Waals surface area contributed by atoms with E-state index in [1.54, 1.807) is 25.3 Å². The third kappa shape index (κ3) is 4.21. The van der Waals surface area contributed by atoms with Crippen molar-refractivity contribution in [3.63, 3.8) is 0 Å². The van der Waals surface area contributed by atoms with Gasteiger partial charge in [-0.3, -0.25) is 9.59 Å². The molecule has 0 radical (unpaired) electrons. The van der Waals surface area contributed by atoms with E-state index in [1.807, 2.05) is 11.2 Å². The molecule has 3 heterocycles. The molecule has 0 spiro atoms. The second-order valence-corrected chi connectivity index (χ2v) is 7.74. The molecule has 0 aromatic carbocycles. The molecular formula is C17H21N5O2S2. The molecule has 0 bridgehead atoms. The fourth-order valence-electron chi connectivity index (χ4n) is 2.97. The van der Waals surface area contributed by atoms with Crippen LogP contribution in [0.15, 0.2) is 23.4 Å². The standard InChI is InChI=1S/C17H21N5O2S2/c1-11-14(26-21-20-11)17(24)22-8-5-12(6-9-22)10-19-15(23)13-4-3-7-18-16(13)25-2/h3-4,7,12H,5-6,8-10H2,1-2H3,(H,19,23). The SMILES string of the molecule is CSc1ncccc1C(=O)NCC1CCN(C(=O)c2snnc2C)CC1. The van der Waals surface area contributed by atoms with E-state index in [-0.39, 0.29) is 11.8 Å². The number of thioether (sulfide) groups is 1. The molecule has 2 amide bonds. The van der Waals surface area contributed by atoms with Crippen LogP contribution in [-0.4, -0.2) is 57.2 Å². The highest BCUT2D eigenvalue weighted by Gasteiger charge is 2.26. The van der Waals surface area contributed by atoms with Gasteiger partial charge in [-0.05, 0) is 55.6 Å². The molecule has 26 heavy (non-hydrogen) atoms. The number of piperidine rings is 1. The van der Waals surface area contributed by atoms with Crippen LogP contribution in [-0.2, 0) is 0 Å². The fourth-order valence-corrected chi connectivity index (χ4v) is 4.14. The monoisotopic (exact) mass is 391 g/mol. The zero-order valence-electron chi connectivity index (χ0n) is 14.8. The molecule has 0 unspecified atom stereocenters. The van der Waals surface area contributed by atoms with Crippen LogP contribution in [0.4, 0.5) is 0 Å². The number of carbonyl (C=O) groups is 2. The summed E-state index contributed by atoms with van der Waals surface area (Å²) in [5, 5.41) is 7.65. The Bertz CT molecular complexity index is 787. The molecule has 0 atom stereocenters. The van der Waals surface area contributed by atoms with Gasteiger partial charge in [-0.1, -0.05) is 4.49 Å². The Morgan fingerprint density at radius 1 is 1.38 bits per heavy atom. The van der Waals surface area contributed by atoms with Gasteiger partial charge in [0.15, 0.2) is 0 Å². The maximum Gasteiger partial charge on any atom is 0.267 e. The van der Waals surface area contributed by atoms with Gasteiger partial charge in [-0.2, -0.15) is 0 Å². The van der Waals surface area contributed by atoms with Crippen LogP contribution in [0.2, 0.25) is 0 Å². The van der Waals surface area contributed by atoms with Crippen molar-refractivity contribution in [2.75, 3.05) is 25.9 Å². The van der Waals surface area contributed by atoms with E-state index in [4.69, 9.17) is 0 Å². The van der Waals surface area contributed by atoms with Crippen molar-refractivity contribution in [1.82, 2.24) is 24.8 Å². The van der Waals surface area contributed by atoms with Gasteiger partial charge in [0.05, 0.1) is 11.3 Å². The van der Waals surface area contributed by atoms with Crippen LogP contribution >= 0.6 is 23.3 Å². The Kier molecular flexibility index (Phi) is 6.20. The third-order valence-corrected chi connectivity index (χ3v) is 6.04. The van der Waals surface area contributed by atoms with E-state index in [0.29, 0.717) is 41.7 Å². The molecule has 1 fully saturated rings. The number of pyridine rings is 1. The minimum atomic E-state index is -0.0904. The number of rotatable bonds is 5. The number of likely N-dealkylation sites (tertiary alicyclic amines) is 1. The first kappa shape index (κ1) is 18.8. The van der Waals surface area contributed by atoms with Gasteiger partial charge in [0.1, 0.15) is 9.90 Å². The van der Waals surface area contributed by atoms with Crippen molar-refractivity contribution in [2.24, 2.45) is 5.92 Å². The highest BCUT2D eigenvalue weighted by atomic mass is 32.2. The normalized spacial score (nSPS) is 15.1. The Morgan fingerprint density at radius 2 is 2.15 bits per heavy atom. The third-order valence-electron chi connectivity index (χ3n) is 4.51. The Hall–Kier alpha value is -2.00. The summed E-state index contributed by atoms with van der Waals surface area (Å²) in [6.07, 6.45) is 5.35. The predicted octanol–water partition coefficient (Wildman–Crippen LogP) is 2.25. The molecule has 2 aromatic rings. The summed E-state index contributed by atoms with van der Waals surface area (Å²) in [5.74, 6) is 0.297. The molecule has 1 N–H and O–H groups in total. The van der Waals surface area contributed by atoms with Crippen molar-refractivity contribution in [3.8, 4) is 0 Å². The van der Waals surface area contributed by atoms with E-state index in [2.05, 4.69) is 19.9 Å². The molecule has 7 nitrogen and oxygen atoms in total. The van der Waals surface area contributed by atoms with Crippen molar-refractivity contribution in [2.45, 2.75) is 24.8 Å². The molecule has 3 rings (SSSR count). The zero-order chi connectivity index (χ0) is 18.5. The number of nitrogens with zero attached hydrogens (tertiary/aromatic N) is 4. The van der Waals surface area contributed by atoms with Gasteiger partial charge in [-0.15, -0.1) is 16.9 Å². The molecule has 0 aliphatic carbocycles. The second-order valence-electron chi connectivity index (χ2n) is 6.19. The van der Waals surface area contributed by atoms with Gasteiger partial charge >= 0.3 is 0 Å². The van der Waals surface area contributed by atoms with Gasteiger partial charge in [0.25, 0.3) is 11.8 Å². The highest BCUT2D eigenvalue weighted by molar-refractivity contribution is 7.98. The van der Waals surface area contributed by atoms with Crippen molar-refractivity contribution in [3.05, 3.63) is 34.5 Å². The average Bonchev–Trinajstić information content (AvgIpc) is 3.11. The quantitative estimate of drug-likeness (QED) is 0.787. The van der Waals surface area contributed by atoms with Crippen molar-refractivity contribution < 1.29 is 9.59 Å². The fraction of sp³-hybridized carbons (Fsp3) is 0.471. The lowest BCUT2D eigenvalue weighted by molar-refractivity contribution is 0.0688. The van der Waals surface area contributed by atoms with E-state index in [0.717, 1.165) is 29.4 Å². The van der Waals surface area contributed by atoms with Gasteiger partial charge in [0.2, 0.25) is 0 Å². The first-order valence-corrected chi connectivity index (χ1v) is 10.5. The minimum absolute atomic E-state index is 0.0138. The molecule has 138 valence electrons. The molecule has 1 aliphatic rings. The van der Waals surface area contributed by atoms with E-state index < -0.39 is 0 Å². The minimum Gasteiger partial charge on any atom is -0.352 e. The number of aryl methyl sites for hydroxylation is 1. The summed E-state index contributed by atoms with van der Waals surface area (Å²) in [5.41, 5.74) is 1.30. The summed E-state index contributed by atoms with van der Waals surface area (Å²) >= 11 is 2.61. The summed E-state index contributed by atoms with van der Waals surface area (Å²) in [7, 11) is 0. The summed E-state index contributed by atoms with van der Waals surface area (Å²) in [4.78, 5) is 31.6. The van der Waals surface area contributed by atoms with Crippen LogP contribution < -0.4 is 5.32 Å². The van der Waals surface area contributed by atoms with Crippen LogP contribution in [0, 0.1) is 12.8 Å². The first-order chi connectivity index (χ1) is 12.6. The topological polar surface area (TPSA) is 88.1 Å². The smallest absolute Gasteiger partial charge is 0.267 e. The number of carbonyl (C=O) groups excluding carboxylic acids is 2. The lowest BCUT2D eigenvalue weighted by Crippen LogP contribution is -2.41. The lowest BCUT2D eigenvalue weighted by atomic mass is 9.96. The van der Waals surface area contributed by atoms with Crippen LogP contribution in [0.5, 0.6) is 0 Å². The molecular weight excluding hydrogens is 370 g/mol. The van der Waals surface area contributed by atoms with E-state index >= 15 is 0 Å². The van der Waals surface area contributed by atoms with Gasteiger partial charge in [0, 0.05) is 25.8 Å². The maximum atomic E-state index is 12.5. The summed E-state index contributed by atoms with van der Waals surface area (Å²) in [6, 6.07) is 3.57. The largest absolute Gasteiger partial charge is 0.352 e. The first-order valence-electron chi connectivity index (χ1n) is 8.45. The molecule has 1 aliphatic heterocycles. The van der Waals surface area contributed by atoms with Crippen LogP contribution in [0.25, 0.3) is 0 Å². The number of hydrogen-bond acceptors (Lipinski definition) is 7. The number of hydrogen-bond donors (Lipinski definition) is 1. The Balaban J connectivity index is 1.49. The van der Waals surface area contributed by atoms with E-state index in [9.17, 15) is 9.59 Å². The van der Waals surface area contributed by atoms with Crippen molar-refractivity contribution in [1.29, 1.82) is 0 Å². The molecule has 9 heteroatoms. The van der Waals surface area contributed by atoms with E-state index in [1.165, 1.54) is 11.8 Å². The summed E-state index contributed by atoms with van der Waals surface area (Å²) < 4.78 is 3.83. The molecule has 2 aromatic heterocycles. The highest BCUT2D eigenvalue weighted by Crippen LogP contribution is 2.21. The predicted molar refractivity (Wildman–Crippen MR) is 102 cm³/mol. The Morgan fingerprint density at radius 3 is 2.81 bits per heavy atom. The zero-order valence-corrected chi connectivity index (χ0v) is 16.4. The van der Waals surface area contributed by atoms with Crippen molar-refractivity contribution >= 4 is 35.1 Å². The number of aromatic nitrogens is 3. The second kappa shape index (κ2) is 8.59. The molecule has 0 saturated carbocycles. The Labute approximate surface area is 160 Å². The lowest BCUT2D eigenvalue weighted by Gasteiger charge is -2.31. The summed E-state index contributed by atoms with van der Waals surface area (Å²) in [6.45, 7) is 3.81. The number of amides is 2. The van der Waals surface area contributed by atoms with Crippen LogP contribution in [0.1, 0.15) is 38.6 Å². The molecule has 1 saturated heterocycles. The van der Waals surface area contributed by atoms with Crippen LogP contribution in [0.3, 0.4) is 0 Å². The van der Waals surface area contributed by atoms with Gasteiger partial charge in [-0.25, -0.2) is 4.98 Å².